The Morgan fingerprint density at radius 1 is 1.09 bits per heavy atom. The molecule has 9 nitrogen and oxygen atoms in total. The van der Waals surface area contributed by atoms with E-state index in [1.165, 1.54) is 0 Å². The summed E-state index contributed by atoms with van der Waals surface area (Å²) >= 11 is 1.60. The molecular weight excluding hydrogens is 462 g/mol. The number of fused-ring (bicyclic) bond motifs is 2. The summed E-state index contributed by atoms with van der Waals surface area (Å²) in [6, 6.07) is 13.1. The number of aliphatic imine (C=N–C) groups is 1. The first-order valence-electron chi connectivity index (χ1n) is 11.5. The highest BCUT2D eigenvalue weighted by molar-refractivity contribution is 7.13. The minimum atomic E-state index is -0.585. The molecule has 1 saturated heterocycles. The molecule has 1 fully saturated rings. The van der Waals surface area contributed by atoms with Gasteiger partial charge in [-0.3, -0.25) is 15.0 Å². The number of hydrogen-bond acceptors (Lipinski definition) is 7. The zero-order valence-electron chi connectivity index (χ0n) is 19.0. The number of thiazole rings is 1. The Morgan fingerprint density at radius 3 is 2.69 bits per heavy atom. The number of imide groups is 1. The number of benzene rings is 1. The number of carbonyl (C=O) groups excluding carboxylic acids is 2. The number of urea groups is 1. The van der Waals surface area contributed by atoms with Crippen molar-refractivity contribution in [2.24, 2.45) is 4.99 Å². The van der Waals surface area contributed by atoms with Gasteiger partial charge in [-0.15, -0.1) is 11.3 Å². The van der Waals surface area contributed by atoms with Crippen LogP contribution in [0.4, 0.5) is 4.79 Å². The number of carbonyl (C=O) groups is 2. The van der Waals surface area contributed by atoms with Gasteiger partial charge in [0.05, 0.1) is 5.69 Å². The van der Waals surface area contributed by atoms with Crippen molar-refractivity contribution in [3.63, 3.8) is 0 Å². The Labute approximate surface area is 205 Å². The second-order valence-electron chi connectivity index (χ2n) is 8.52. The number of pyridine rings is 1. The molecule has 176 valence electrons. The summed E-state index contributed by atoms with van der Waals surface area (Å²) < 4.78 is 1.97. The standard InChI is InChI=1S/C25H23N7O2S/c1-2-31-22-21(23(33)29-25(31)34)32(14-16-6-8-17(9-7-16)24-26-10-12-35-24)20(28-22)13-18-15-30-11-4-3-5-19(30)27-18/h3-12,15,21-22H,2,13-14H2,1H3,(H,29,33,34). The fourth-order valence-corrected chi connectivity index (χ4v) is 5.37. The Bertz CT molecular complexity index is 1390. The van der Waals surface area contributed by atoms with Gasteiger partial charge in [0.15, 0.2) is 12.2 Å². The van der Waals surface area contributed by atoms with Gasteiger partial charge in [-0.25, -0.2) is 19.8 Å². The maximum Gasteiger partial charge on any atom is 0.325 e. The molecule has 2 unspecified atom stereocenters. The molecule has 3 amide bonds. The minimum absolute atomic E-state index is 0.321. The quantitative estimate of drug-likeness (QED) is 0.453. The van der Waals surface area contributed by atoms with Crippen LogP contribution >= 0.6 is 11.3 Å². The van der Waals surface area contributed by atoms with Crippen molar-refractivity contribution in [3.05, 3.63) is 77.7 Å². The molecular formula is C25H23N7O2S. The number of nitrogens with one attached hydrogen (secondary N) is 1. The molecule has 1 N–H and O–H groups in total. The van der Waals surface area contributed by atoms with E-state index in [4.69, 9.17) is 9.98 Å². The van der Waals surface area contributed by atoms with Crippen LogP contribution in [0.15, 0.2) is 71.4 Å². The first-order chi connectivity index (χ1) is 17.1. The lowest BCUT2D eigenvalue weighted by molar-refractivity contribution is -0.127. The summed E-state index contributed by atoms with van der Waals surface area (Å²) in [5.41, 5.74) is 3.81. The summed E-state index contributed by atoms with van der Waals surface area (Å²) in [4.78, 5) is 43.1. The highest BCUT2D eigenvalue weighted by atomic mass is 32.1. The maximum absolute atomic E-state index is 13.0. The van der Waals surface area contributed by atoms with Crippen molar-refractivity contribution in [3.8, 4) is 10.6 Å². The number of aromatic nitrogens is 3. The predicted octanol–water partition coefficient (Wildman–Crippen LogP) is 3.18. The second-order valence-corrected chi connectivity index (χ2v) is 9.42. The molecule has 0 spiro atoms. The molecule has 35 heavy (non-hydrogen) atoms. The van der Waals surface area contributed by atoms with Crippen LogP contribution in [0.1, 0.15) is 18.2 Å². The fraction of sp³-hybridized carbons (Fsp3) is 0.240. The summed E-state index contributed by atoms with van der Waals surface area (Å²) in [6.45, 7) is 2.84. The first-order valence-corrected chi connectivity index (χ1v) is 12.3. The summed E-state index contributed by atoms with van der Waals surface area (Å²) in [5, 5.41) is 5.43. The van der Waals surface area contributed by atoms with Crippen molar-refractivity contribution < 1.29 is 9.59 Å². The van der Waals surface area contributed by atoms with E-state index in [1.807, 2.05) is 64.3 Å². The van der Waals surface area contributed by atoms with Crippen LogP contribution < -0.4 is 5.32 Å². The van der Waals surface area contributed by atoms with Gasteiger partial charge in [0.1, 0.15) is 16.5 Å². The lowest BCUT2D eigenvalue weighted by Gasteiger charge is -2.37. The highest BCUT2D eigenvalue weighted by Gasteiger charge is 2.49. The number of likely N-dealkylation sites (N-methyl/N-ethyl adjacent to an activating group) is 1. The topological polar surface area (TPSA) is 95.2 Å². The largest absolute Gasteiger partial charge is 0.340 e. The molecule has 0 saturated carbocycles. The lowest BCUT2D eigenvalue weighted by atomic mass is 10.1. The van der Waals surface area contributed by atoms with E-state index in [1.54, 1.807) is 22.4 Å². The summed E-state index contributed by atoms with van der Waals surface area (Å²) in [6.07, 6.45) is 5.63. The molecule has 0 radical (unpaired) electrons. The number of amides is 3. The number of amidine groups is 1. The van der Waals surface area contributed by atoms with Crippen LogP contribution in [-0.4, -0.2) is 60.7 Å². The van der Waals surface area contributed by atoms with Gasteiger partial charge in [0, 0.05) is 49.0 Å². The SMILES string of the molecule is CCN1C(=O)NC(=O)C2C1N=C(Cc1cn3ccccc3n1)N2Cc1ccc(-c2nccs2)cc1. The molecule has 3 aromatic heterocycles. The number of rotatable bonds is 6. The average Bonchev–Trinajstić information content (AvgIpc) is 3.59. The Hall–Kier alpha value is -4.05. The molecule has 6 rings (SSSR count). The van der Waals surface area contributed by atoms with Gasteiger partial charge in [0.2, 0.25) is 0 Å². The number of hydrogen-bond donors (Lipinski definition) is 1. The van der Waals surface area contributed by atoms with E-state index < -0.39 is 18.2 Å². The van der Waals surface area contributed by atoms with Crippen LogP contribution in [0.3, 0.4) is 0 Å². The van der Waals surface area contributed by atoms with E-state index in [9.17, 15) is 9.59 Å². The van der Waals surface area contributed by atoms with Crippen molar-refractivity contribution in [2.45, 2.75) is 32.1 Å². The van der Waals surface area contributed by atoms with Crippen molar-refractivity contribution in [1.29, 1.82) is 0 Å². The lowest BCUT2D eigenvalue weighted by Crippen LogP contribution is -2.64. The van der Waals surface area contributed by atoms with Gasteiger partial charge in [-0.2, -0.15) is 0 Å². The molecule has 2 atom stereocenters. The Morgan fingerprint density at radius 2 is 1.94 bits per heavy atom. The molecule has 10 heteroatoms. The van der Waals surface area contributed by atoms with Gasteiger partial charge in [0.25, 0.3) is 5.91 Å². The third-order valence-corrected chi connectivity index (χ3v) is 7.21. The van der Waals surface area contributed by atoms with Crippen LogP contribution in [0.25, 0.3) is 16.2 Å². The van der Waals surface area contributed by atoms with Gasteiger partial charge < -0.3 is 9.30 Å². The van der Waals surface area contributed by atoms with E-state index in [-0.39, 0.29) is 5.91 Å². The summed E-state index contributed by atoms with van der Waals surface area (Å²) in [7, 11) is 0. The molecule has 0 bridgehead atoms. The molecule has 0 aliphatic carbocycles. The van der Waals surface area contributed by atoms with Crippen LogP contribution in [0, 0.1) is 0 Å². The van der Waals surface area contributed by atoms with E-state index in [0.29, 0.717) is 19.5 Å². The molecule has 4 aromatic rings. The van der Waals surface area contributed by atoms with Gasteiger partial charge in [-0.1, -0.05) is 30.3 Å². The summed E-state index contributed by atoms with van der Waals surface area (Å²) in [5.74, 6) is 0.425. The molecule has 1 aromatic carbocycles. The Balaban J connectivity index is 1.33. The second kappa shape index (κ2) is 8.62. The number of imidazole rings is 1. The smallest absolute Gasteiger partial charge is 0.325 e. The third-order valence-electron chi connectivity index (χ3n) is 6.39. The van der Waals surface area contributed by atoms with E-state index >= 15 is 0 Å². The van der Waals surface area contributed by atoms with Crippen LogP contribution in [0.5, 0.6) is 0 Å². The van der Waals surface area contributed by atoms with Gasteiger partial charge in [-0.05, 0) is 24.6 Å². The monoisotopic (exact) mass is 485 g/mol. The zero-order chi connectivity index (χ0) is 23.9. The third kappa shape index (κ3) is 3.85. The molecule has 2 aliphatic heterocycles. The normalized spacial score (nSPS) is 19.7. The average molecular weight is 486 g/mol. The fourth-order valence-electron chi connectivity index (χ4n) is 4.72. The van der Waals surface area contributed by atoms with Crippen molar-refractivity contribution >= 4 is 34.8 Å². The van der Waals surface area contributed by atoms with Gasteiger partial charge >= 0.3 is 6.03 Å². The Kier molecular flexibility index (Phi) is 5.29. The van der Waals surface area contributed by atoms with Crippen molar-refractivity contribution in [2.75, 3.05) is 6.54 Å². The molecule has 5 heterocycles. The predicted molar refractivity (Wildman–Crippen MR) is 133 cm³/mol. The zero-order valence-corrected chi connectivity index (χ0v) is 19.9. The molecule has 2 aliphatic rings. The number of nitrogens with zero attached hydrogens (tertiary/aromatic N) is 6. The first kappa shape index (κ1) is 21.5. The van der Waals surface area contributed by atoms with Crippen LogP contribution in [0.2, 0.25) is 0 Å². The van der Waals surface area contributed by atoms with Crippen molar-refractivity contribution in [1.82, 2.24) is 29.5 Å². The maximum atomic E-state index is 13.0. The minimum Gasteiger partial charge on any atom is -0.340 e. The highest BCUT2D eigenvalue weighted by Crippen LogP contribution is 2.29. The van der Waals surface area contributed by atoms with E-state index in [2.05, 4.69) is 22.4 Å². The van der Waals surface area contributed by atoms with Crippen LogP contribution in [-0.2, 0) is 17.8 Å². The van der Waals surface area contributed by atoms with E-state index in [0.717, 1.165) is 33.3 Å².